The molecule has 1 aromatic carbocycles. The second kappa shape index (κ2) is 3.71. The monoisotopic (exact) mass is 166 g/mol. The van der Waals surface area contributed by atoms with Crippen molar-refractivity contribution in [3.05, 3.63) is 29.8 Å². The third kappa shape index (κ3) is 2.07. The number of aliphatic hydroxyl groups excluding tert-OH is 1. The lowest BCUT2D eigenvalue weighted by molar-refractivity contribution is 0.199. The third-order valence-electron chi connectivity index (χ3n) is 1.69. The second-order valence-corrected chi connectivity index (χ2v) is 2.72. The van der Waals surface area contributed by atoms with Gasteiger partial charge in [0, 0.05) is 0 Å². The maximum atomic E-state index is 9.17. The normalized spacial score (nSPS) is 12.7. The van der Waals surface area contributed by atoms with Crippen LogP contribution in [0.1, 0.15) is 18.6 Å². The van der Waals surface area contributed by atoms with E-state index in [2.05, 4.69) is 0 Å². The van der Waals surface area contributed by atoms with Gasteiger partial charge in [0.1, 0.15) is 0 Å². The Hall–Kier alpha value is -0.835. The second-order valence-electron chi connectivity index (χ2n) is 2.72. The first-order chi connectivity index (χ1) is 5.61. The van der Waals surface area contributed by atoms with Gasteiger partial charge in [-0.25, -0.2) is 0 Å². The fraction of sp³-hybridized carbons (Fsp3) is 0.250. The van der Waals surface area contributed by atoms with Crippen molar-refractivity contribution in [2.75, 3.05) is 0 Å². The highest BCUT2D eigenvalue weighted by atomic mass is 16.4. The lowest BCUT2D eigenvalue weighted by Crippen LogP contribution is -2.29. The van der Waals surface area contributed by atoms with Crippen LogP contribution in [0.3, 0.4) is 0 Å². The molecular formula is C8H11BO3. The summed E-state index contributed by atoms with van der Waals surface area (Å²) in [6.07, 6.45) is -0.580. The van der Waals surface area contributed by atoms with Gasteiger partial charge < -0.3 is 15.2 Å². The first kappa shape index (κ1) is 9.25. The van der Waals surface area contributed by atoms with E-state index in [4.69, 9.17) is 15.2 Å². The third-order valence-corrected chi connectivity index (χ3v) is 1.69. The summed E-state index contributed by atoms with van der Waals surface area (Å²) in [5, 5.41) is 26.8. The predicted molar refractivity (Wildman–Crippen MR) is 46.9 cm³/mol. The van der Waals surface area contributed by atoms with Gasteiger partial charge in [0.05, 0.1) is 6.10 Å². The predicted octanol–water partition coefficient (Wildman–Crippen LogP) is -0.580. The first-order valence-corrected chi connectivity index (χ1v) is 3.75. The molecule has 0 aromatic heterocycles. The Balaban J connectivity index is 2.96. The maximum absolute atomic E-state index is 9.17. The van der Waals surface area contributed by atoms with Crippen molar-refractivity contribution in [1.82, 2.24) is 0 Å². The highest BCUT2D eigenvalue weighted by Crippen LogP contribution is 2.08. The summed E-state index contributed by atoms with van der Waals surface area (Å²) in [7, 11) is -1.47. The van der Waals surface area contributed by atoms with E-state index in [1.165, 1.54) is 0 Å². The standard InChI is InChI=1S/C8H11BO3/c1-6(10)7-3-2-4-8(5-7)9(11)12/h2-6,10-12H,1H3. The van der Waals surface area contributed by atoms with Gasteiger partial charge in [-0.15, -0.1) is 0 Å². The molecule has 64 valence electrons. The number of benzene rings is 1. The van der Waals surface area contributed by atoms with Crippen molar-refractivity contribution in [3.8, 4) is 0 Å². The first-order valence-electron chi connectivity index (χ1n) is 3.75. The smallest absolute Gasteiger partial charge is 0.423 e. The molecule has 4 heteroatoms. The van der Waals surface area contributed by atoms with Crippen LogP contribution in [-0.4, -0.2) is 22.3 Å². The summed E-state index contributed by atoms with van der Waals surface area (Å²) in [5.41, 5.74) is 1.08. The van der Waals surface area contributed by atoms with Gasteiger partial charge in [0.2, 0.25) is 0 Å². The summed E-state index contributed by atoms with van der Waals surface area (Å²) in [6.45, 7) is 1.63. The van der Waals surface area contributed by atoms with Gasteiger partial charge in [-0.3, -0.25) is 0 Å². The topological polar surface area (TPSA) is 60.7 Å². The van der Waals surface area contributed by atoms with E-state index in [0.29, 0.717) is 11.0 Å². The van der Waals surface area contributed by atoms with Crippen molar-refractivity contribution in [1.29, 1.82) is 0 Å². The molecule has 1 unspecified atom stereocenters. The minimum atomic E-state index is -1.47. The lowest BCUT2D eigenvalue weighted by Gasteiger charge is -2.06. The fourth-order valence-corrected chi connectivity index (χ4v) is 0.979. The van der Waals surface area contributed by atoms with Gasteiger partial charge >= 0.3 is 7.12 Å². The average molecular weight is 166 g/mol. The molecule has 0 bridgehead atoms. The number of aliphatic hydroxyl groups is 1. The molecule has 0 saturated carbocycles. The SMILES string of the molecule is CC(O)c1cccc(B(O)O)c1. The van der Waals surface area contributed by atoms with Gasteiger partial charge in [0.15, 0.2) is 0 Å². The fourth-order valence-electron chi connectivity index (χ4n) is 0.979. The Morgan fingerprint density at radius 1 is 1.33 bits per heavy atom. The van der Waals surface area contributed by atoms with E-state index < -0.39 is 13.2 Å². The van der Waals surface area contributed by atoms with Crippen molar-refractivity contribution in [2.24, 2.45) is 0 Å². The molecule has 0 aliphatic rings. The van der Waals surface area contributed by atoms with E-state index in [1.807, 2.05) is 0 Å². The van der Waals surface area contributed by atoms with Crippen LogP contribution in [0, 0.1) is 0 Å². The molecule has 3 N–H and O–H groups in total. The molecule has 1 rings (SSSR count). The molecule has 0 aliphatic heterocycles. The van der Waals surface area contributed by atoms with Gasteiger partial charge in [0.25, 0.3) is 0 Å². The summed E-state index contributed by atoms with van der Waals surface area (Å²) in [5.74, 6) is 0. The van der Waals surface area contributed by atoms with Crippen LogP contribution in [0.15, 0.2) is 24.3 Å². The minimum Gasteiger partial charge on any atom is -0.423 e. The van der Waals surface area contributed by atoms with E-state index in [0.717, 1.165) is 0 Å². The van der Waals surface area contributed by atoms with Crippen LogP contribution in [0.2, 0.25) is 0 Å². The van der Waals surface area contributed by atoms with Crippen molar-refractivity contribution >= 4 is 12.6 Å². The van der Waals surface area contributed by atoms with Gasteiger partial charge in [-0.2, -0.15) is 0 Å². The summed E-state index contributed by atoms with van der Waals surface area (Å²) >= 11 is 0. The quantitative estimate of drug-likeness (QED) is 0.515. The molecule has 0 radical (unpaired) electrons. The molecule has 0 saturated heterocycles. The summed E-state index contributed by atoms with van der Waals surface area (Å²) in [6, 6.07) is 6.57. The van der Waals surface area contributed by atoms with Crippen molar-refractivity contribution < 1.29 is 15.2 Å². The maximum Gasteiger partial charge on any atom is 0.488 e. The number of hydrogen-bond acceptors (Lipinski definition) is 3. The molecular weight excluding hydrogens is 155 g/mol. The summed E-state index contributed by atoms with van der Waals surface area (Å²) in [4.78, 5) is 0. The molecule has 1 aromatic rings. The Kier molecular flexibility index (Phi) is 2.86. The molecule has 0 fully saturated rings. The zero-order chi connectivity index (χ0) is 9.14. The van der Waals surface area contributed by atoms with Crippen LogP contribution in [0.4, 0.5) is 0 Å². The van der Waals surface area contributed by atoms with Crippen LogP contribution in [0.25, 0.3) is 0 Å². The van der Waals surface area contributed by atoms with Crippen molar-refractivity contribution in [2.45, 2.75) is 13.0 Å². The van der Waals surface area contributed by atoms with Crippen molar-refractivity contribution in [3.63, 3.8) is 0 Å². The zero-order valence-corrected chi connectivity index (χ0v) is 6.81. The van der Waals surface area contributed by atoms with Crippen LogP contribution in [0.5, 0.6) is 0 Å². The molecule has 0 aliphatic carbocycles. The van der Waals surface area contributed by atoms with Crippen LogP contribution >= 0.6 is 0 Å². The Bertz CT molecular complexity index is 237. The molecule has 0 spiro atoms. The largest absolute Gasteiger partial charge is 0.488 e. The molecule has 0 amide bonds. The highest BCUT2D eigenvalue weighted by molar-refractivity contribution is 6.58. The van der Waals surface area contributed by atoms with E-state index in [1.54, 1.807) is 31.2 Å². The van der Waals surface area contributed by atoms with E-state index in [-0.39, 0.29) is 0 Å². The van der Waals surface area contributed by atoms with Gasteiger partial charge in [-0.1, -0.05) is 24.3 Å². The molecule has 0 heterocycles. The van der Waals surface area contributed by atoms with Gasteiger partial charge in [-0.05, 0) is 17.9 Å². The van der Waals surface area contributed by atoms with Crippen LogP contribution in [-0.2, 0) is 0 Å². The molecule has 1 atom stereocenters. The Morgan fingerprint density at radius 3 is 2.50 bits per heavy atom. The lowest BCUT2D eigenvalue weighted by atomic mass is 9.79. The number of hydrogen-bond donors (Lipinski definition) is 3. The number of rotatable bonds is 2. The van der Waals surface area contributed by atoms with E-state index in [9.17, 15) is 0 Å². The molecule has 12 heavy (non-hydrogen) atoms. The molecule has 3 nitrogen and oxygen atoms in total. The Labute approximate surface area is 71.4 Å². The summed E-state index contributed by atoms with van der Waals surface area (Å²) < 4.78 is 0. The average Bonchev–Trinajstić information content (AvgIpc) is 2.04. The van der Waals surface area contributed by atoms with Crippen LogP contribution < -0.4 is 5.46 Å². The highest BCUT2D eigenvalue weighted by Gasteiger charge is 2.11. The zero-order valence-electron chi connectivity index (χ0n) is 6.81. The Morgan fingerprint density at radius 2 is 2.00 bits per heavy atom. The van der Waals surface area contributed by atoms with E-state index >= 15 is 0 Å². The minimum absolute atomic E-state index is 0.397.